The number of aromatic nitrogens is 3. The Labute approximate surface area is 94.9 Å². The van der Waals surface area contributed by atoms with E-state index in [0.717, 1.165) is 6.54 Å². The quantitative estimate of drug-likeness (QED) is 0.833. The van der Waals surface area contributed by atoms with Gasteiger partial charge in [-0.25, -0.2) is 0 Å². The number of hydrogen-bond acceptors (Lipinski definition) is 7. The predicted octanol–water partition coefficient (Wildman–Crippen LogP) is 1.21. The lowest BCUT2D eigenvalue weighted by molar-refractivity contribution is 0.102. The van der Waals surface area contributed by atoms with Crippen molar-refractivity contribution in [3.05, 3.63) is 17.3 Å². The SMILES string of the molecule is CCNc1nnc(C(=O)Nc2ccon2)s1. The van der Waals surface area contributed by atoms with Gasteiger partial charge in [0.05, 0.1) is 0 Å². The number of hydrogen-bond donors (Lipinski definition) is 2. The van der Waals surface area contributed by atoms with E-state index < -0.39 is 0 Å². The third-order valence-corrected chi connectivity index (χ3v) is 2.51. The topological polar surface area (TPSA) is 92.9 Å². The molecule has 0 unspecified atom stereocenters. The van der Waals surface area contributed by atoms with Gasteiger partial charge in [-0.1, -0.05) is 16.5 Å². The average molecular weight is 239 g/mol. The van der Waals surface area contributed by atoms with E-state index in [2.05, 4.69) is 30.5 Å². The standard InChI is InChI=1S/C8H9N5O2S/c1-2-9-8-12-11-7(16-8)6(14)10-5-3-4-15-13-5/h3-4H,2H2,1H3,(H,9,12)(H,10,13,14). The molecule has 0 saturated carbocycles. The second-order valence-corrected chi connectivity index (χ2v) is 3.76. The fraction of sp³-hybridized carbons (Fsp3) is 0.250. The zero-order valence-electron chi connectivity index (χ0n) is 8.43. The highest BCUT2D eigenvalue weighted by Crippen LogP contribution is 2.15. The fourth-order valence-electron chi connectivity index (χ4n) is 0.984. The van der Waals surface area contributed by atoms with E-state index >= 15 is 0 Å². The Morgan fingerprint density at radius 3 is 3.12 bits per heavy atom. The van der Waals surface area contributed by atoms with E-state index in [1.54, 1.807) is 6.07 Å². The molecule has 2 aromatic rings. The number of amides is 1. The molecule has 0 aliphatic carbocycles. The molecule has 16 heavy (non-hydrogen) atoms. The molecule has 0 atom stereocenters. The predicted molar refractivity (Wildman–Crippen MR) is 58.5 cm³/mol. The summed E-state index contributed by atoms with van der Waals surface area (Å²) in [7, 11) is 0. The molecule has 0 fully saturated rings. The van der Waals surface area contributed by atoms with Crippen molar-refractivity contribution < 1.29 is 9.32 Å². The molecule has 2 N–H and O–H groups in total. The van der Waals surface area contributed by atoms with E-state index in [1.807, 2.05) is 6.92 Å². The number of rotatable bonds is 4. The number of carbonyl (C=O) groups is 1. The number of carbonyl (C=O) groups excluding carboxylic acids is 1. The van der Waals surface area contributed by atoms with Crippen LogP contribution in [0.3, 0.4) is 0 Å². The van der Waals surface area contributed by atoms with Crippen LogP contribution in [0.1, 0.15) is 16.7 Å². The molecular formula is C8H9N5O2S. The second-order valence-electron chi connectivity index (χ2n) is 2.78. The van der Waals surface area contributed by atoms with Crippen LogP contribution in [-0.2, 0) is 0 Å². The summed E-state index contributed by atoms with van der Waals surface area (Å²) in [5.74, 6) is 0.000698. The van der Waals surface area contributed by atoms with Gasteiger partial charge < -0.3 is 15.2 Å². The summed E-state index contributed by atoms with van der Waals surface area (Å²) in [6.45, 7) is 2.68. The molecule has 7 nitrogen and oxygen atoms in total. The zero-order chi connectivity index (χ0) is 11.4. The molecule has 2 heterocycles. The zero-order valence-corrected chi connectivity index (χ0v) is 9.24. The lowest BCUT2D eigenvalue weighted by Crippen LogP contribution is -2.11. The first-order valence-corrected chi connectivity index (χ1v) is 5.40. The number of anilines is 2. The van der Waals surface area contributed by atoms with Gasteiger partial charge in [-0.3, -0.25) is 4.79 Å². The van der Waals surface area contributed by atoms with Crippen molar-refractivity contribution in [3.8, 4) is 0 Å². The van der Waals surface area contributed by atoms with Crippen LogP contribution in [0.2, 0.25) is 0 Å². The van der Waals surface area contributed by atoms with Crippen molar-refractivity contribution in [1.29, 1.82) is 0 Å². The van der Waals surface area contributed by atoms with Gasteiger partial charge in [0, 0.05) is 12.6 Å². The Bertz CT molecular complexity index is 466. The molecule has 0 aliphatic heterocycles. The van der Waals surface area contributed by atoms with Gasteiger partial charge in [-0.15, -0.1) is 10.2 Å². The Hall–Kier alpha value is -1.96. The third kappa shape index (κ3) is 2.34. The maximum Gasteiger partial charge on any atom is 0.287 e. The van der Waals surface area contributed by atoms with Crippen LogP contribution in [0.15, 0.2) is 16.9 Å². The van der Waals surface area contributed by atoms with E-state index in [1.165, 1.54) is 17.6 Å². The highest BCUT2D eigenvalue weighted by molar-refractivity contribution is 7.17. The molecule has 84 valence electrons. The highest BCUT2D eigenvalue weighted by Gasteiger charge is 2.13. The summed E-state index contributed by atoms with van der Waals surface area (Å²) in [5, 5.41) is 17.5. The minimum absolute atomic E-state index is 0.277. The van der Waals surface area contributed by atoms with Crippen molar-refractivity contribution in [2.45, 2.75) is 6.92 Å². The fourth-order valence-corrected chi connectivity index (χ4v) is 1.69. The molecular weight excluding hydrogens is 230 g/mol. The van der Waals surface area contributed by atoms with Crippen LogP contribution in [0.5, 0.6) is 0 Å². The maximum atomic E-state index is 11.6. The summed E-state index contributed by atoms with van der Waals surface area (Å²) in [6.07, 6.45) is 1.37. The monoisotopic (exact) mass is 239 g/mol. The maximum absolute atomic E-state index is 11.6. The summed E-state index contributed by atoms with van der Waals surface area (Å²) >= 11 is 1.18. The smallest absolute Gasteiger partial charge is 0.287 e. The van der Waals surface area contributed by atoms with E-state index in [-0.39, 0.29) is 10.9 Å². The molecule has 0 bridgehead atoms. The van der Waals surface area contributed by atoms with Gasteiger partial charge in [-0.2, -0.15) is 0 Å². The Balaban J connectivity index is 2.03. The van der Waals surface area contributed by atoms with Gasteiger partial charge in [-0.05, 0) is 6.92 Å². The van der Waals surface area contributed by atoms with Gasteiger partial charge in [0.1, 0.15) is 6.26 Å². The Morgan fingerprint density at radius 1 is 1.56 bits per heavy atom. The Morgan fingerprint density at radius 2 is 2.44 bits per heavy atom. The van der Waals surface area contributed by atoms with Crippen LogP contribution in [-0.4, -0.2) is 27.8 Å². The van der Waals surface area contributed by atoms with Crippen LogP contribution in [0.25, 0.3) is 0 Å². The molecule has 0 radical (unpaired) electrons. The average Bonchev–Trinajstić information content (AvgIpc) is 2.89. The molecule has 1 amide bonds. The molecule has 0 saturated heterocycles. The summed E-state index contributed by atoms with van der Waals surface area (Å²) in [4.78, 5) is 11.6. The lowest BCUT2D eigenvalue weighted by Gasteiger charge is -1.95. The highest BCUT2D eigenvalue weighted by atomic mass is 32.1. The van der Waals surface area contributed by atoms with E-state index in [9.17, 15) is 4.79 Å². The normalized spacial score (nSPS) is 10.1. The van der Waals surface area contributed by atoms with Crippen molar-refractivity contribution in [3.63, 3.8) is 0 Å². The van der Waals surface area contributed by atoms with Crippen molar-refractivity contribution >= 4 is 28.2 Å². The van der Waals surface area contributed by atoms with Crippen LogP contribution < -0.4 is 10.6 Å². The van der Waals surface area contributed by atoms with Crippen LogP contribution in [0, 0.1) is 0 Å². The number of nitrogens with one attached hydrogen (secondary N) is 2. The summed E-state index contributed by atoms with van der Waals surface area (Å²) in [5.41, 5.74) is 0. The molecule has 0 aromatic carbocycles. The van der Waals surface area contributed by atoms with Gasteiger partial charge in [0.2, 0.25) is 10.1 Å². The minimum Gasteiger partial charge on any atom is -0.363 e. The van der Waals surface area contributed by atoms with Crippen molar-refractivity contribution in [2.24, 2.45) is 0 Å². The van der Waals surface area contributed by atoms with E-state index in [4.69, 9.17) is 0 Å². The molecule has 0 spiro atoms. The largest absolute Gasteiger partial charge is 0.363 e. The van der Waals surface area contributed by atoms with Crippen LogP contribution >= 0.6 is 11.3 Å². The van der Waals surface area contributed by atoms with Crippen molar-refractivity contribution in [1.82, 2.24) is 15.4 Å². The van der Waals surface area contributed by atoms with Gasteiger partial charge in [0.15, 0.2) is 5.82 Å². The molecule has 2 aromatic heterocycles. The third-order valence-electron chi connectivity index (χ3n) is 1.63. The lowest BCUT2D eigenvalue weighted by atomic mass is 10.5. The number of nitrogens with zero attached hydrogens (tertiary/aromatic N) is 3. The van der Waals surface area contributed by atoms with Gasteiger partial charge in [0.25, 0.3) is 5.91 Å². The Kier molecular flexibility index (Phi) is 3.10. The first-order valence-electron chi connectivity index (χ1n) is 4.58. The first kappa shape index (κ1) is 10.6. The molecule has 0 aliphatic rings. The second kappa shape index (κ2) is 4.71. The first-order chi connectivity index (χ1) is 7.79. The van der Waals surface area contributed by atoms with E-state index in [0.29, 0.717) is 10.9 Å². The van der Waals surface area contributed by atoms with Crippen molar-refractivity contribution in [2.75, 3.05) is 17.2 Å². The van der Waals surface area contributed by atoms with Crippen LogP contribution in [0.4, 0.5) is 10.9 Å². The summed E-state index contributed by atoms with van der Waals surface area (Å²) in [6, 6.07) is 1.55. The molecule has 2 rings (SSSR count). The van der Waals surface area contributed by atoms with Gasteiger partial charge >= 0.3 is 0 Å². The minimum atomic E-state index is -0.351. The molecule has 8 heteroatoms. The summed E-state index contributed by atoms with van der Waals surface area (Å²) < 4.78 is 4.59.